The van der Waals surface area contributed by atoms with Gasteiger partial charge in [0.1, 0.15) is 11.4 Å². The second-order valence-electron chi connectivity index (χ2n) is 5.28. The molecule has 1 amide bonds. The topological polar surface area (TPSA) is 80.6 Å². The minimum absolute atomic E-state index is 0.305. The van der Waals surface area contributed by atoms with Crippen LogP contribution in [0.25, 0.3) is 0 Å². The average molecular weight is 285 g/mol. The van der Waals surface area contributed by atoms with Crippen molar-refractivity contribution in [2.45, 2.75) is 26.4 Å². The third-order valence-corrected chi connectivity index (χ3v) is 2.30. The molecule has 7 heteroatoms. The first-order chi connectivity index (χ1) is 8.55. The lowest BCUT2D eigenvalue weighted by Crippen LogP contribution is -2.27. The van der Waals surface area contributed by atoms with Crippen molar-refractivity contribution in [3.8, 4) is 0 Å². The zero-order valence-electron chi connectivity index (χ0n) is 11.8. The highest BCUT2D eigenvalue weighted by molar-refractivity contribution is 7.92. The summed E-state index contributed by atoms with van der Waals surface area (Å²) in [7, 11) is -2.28. The number of nitrogens with one attached hydrogen (secondary N) is 1. The number of aromatic nitrogens is 1. The first-order valence-electron chi connectivity index (χ1n) is 5.69. The first-order valence-corrected chi connectivity index (χ1v) is 8.02. The van der Waals surface area contributed by atoms with Crippen molar-refractivity contribution in [1.29, 1.82) is 0 Å². The molecule has 0 bridgehead atoms. The summed E-state index contributed by atoms with van der Waals surface area (Å²) >= 11 is 0. The number of hydrogen-bond acceptors (Lipinski definition) is 5. The van der Waals surface area contributed by atoms with Crippen LogP contribution in [-0.2, 0) is 14.5 Å². The molecule has 0 saturated carbocycles. The normalized spacial score (nSPS) is 11.8. The molecule has 1 aromatic heterocycles. The molecule has 0 unspecified atom stereocenters. The van der Waals surface area contributed by atoms with Crippen LogP contribution in [0, 0.1) is 0 Å². The summed E-state index contributed by atoms with van der Waals surface area (Å²) in [6, 6.07) is 4.90. The Balaban J connectivity index is 2.84. The van der Waals surface area contributed by atoms with Gasteiger partial charge in [0.2, 0.25) is 0 Å². The van der Waals surface area contributed by atoms with E-state index in [9.17, 15) is 9.00 Å². The maximum atomic E-state index is 11.6. The monoisotopic (exact) mass is 285 g/mol. The van der Waals surface area contributed by atoms with E-state index in [4.69, 9.17) is 4.74 Å². The Hall–Kier alpha value is -1.63. The number of carbonyl (C=O) groups is 1. The van der Waals surface area contributed by atoms with E-state index in [1.807, 2.05) is 0 Å². The van der Waals surface area contributed by atoms with E-state index in [1.54, 1.807) is 39.0 Å². The van der Waals surface area contributed by atoms with E-state index in [1.165, 1.54) is 12.5 Å². The van der Waals surface area contributed by atoms with Crippen LogP contribution in [0.3, 0.4) is 0 Å². The maximum Gasteiger partial charge on any atom is 0.413 e. The molecule has 0 aliphatic rings. The molecule has 1 heterocycles. The molecule has 0 radical (unpaired) electrons. The fraction of sp³-hybridized carbons (Fsp3) is 0.500. The maximum absolute atomic E-state index is 11.6. The lowest BCUT2D eigenvalue weighted by Gasteiger charge is -2.19. The van der Waals surface area contributed by atoms with Crippen molar-refractivity contribution in [2.24, 2.45) is 4.36 Å². The van der Waals surface area contributed by atoms with Gasteiger partial charge >= 0.3 is 6.09 Å². The number of nitrogens with zero attached hydrogens (tertiary/aromatic N) is 2. The summed E-state index contributed by atoms with van der Waals surface area (Å²) in [5.74, 6) is 0.614. The molecule has 0 aliphatic heterocycles. The zero-order chi connectivity index (χ0) is 14.7. The van der Waals surface area contributed by atoms with Gasteiger partial charge in [-0.1, -0.05) is 6.07 Å². The van der Waals surface area contributed by atoms with Gasteiger partial charge < -0.3 is 4.74 Å². The molecule has 0 saturated heterocycles. The van der Waals surface area contributed by atoms with E-state index >= 15 is 0 Å². The summed E-state index contributed by atoms with van der Waals surface area (Å²) in [6.45, 7) is 5.32. The van der Waals surface area contributed by atoms with Gasteiger partial charge in [-0.05, 0) is 32.9 Å². The van der Waals surface area contributed by atoms with Crippen LogP contribution < -0.4 is 5.32 Å². The van der Waals surface area contributed by atoms with Gasteiger partial charge in [-0.3, -0.25) is 5.32 Å². The third kappa shape index (κ3) is 6.76. The van der Waals surface area contributed by atoms with Crippen LogP contribution in [0.1, 0.15) is 20.8 Å². The van der Waals surface area contributed by atoms with E-state index in [-0.39, 0.29) is 0 Å². The molecular formula is C12H19N3O3S. The van der Waals surface area contributed by atoms with Crippen LogP contribution in [-0.4, -0.2) is 33.4 Å². The molecule has 0 fully saturated rings. The number of hydrogen-bond donors (Lipinski definition) is 1. The second kappa shape index (κ2) is 5.56. The molecule has 0 aromatic carbocycles. The number of rotatable bonds is 2. The van der Waals surface area contributed by atoms with E-state index in [0.29, 0.717) is 11.6 Å². The van der Waals surface area contributed by atoms with Gasteiger partial charge in [-0.15, -0.1) is 0 Å². The predicted molar refractivity (Wildman–Crippen MR) is 76.2 cm³/mol. The molecule has 6 nitrogen and oxygen atoms in total. The lowest BCUT2D eigenvalue weighted by atomic mass is 10.2. The fourth-order valence-electron chi connectivity index (χ4n) is 1.18. The predicted octanol–water partition coefficient (Wildman–Crippen LogP) is 2.79. The molecule has 1 N–H and O–H groups in total. The van der Waals surface area contributed by atoms with Crippen LogP contribution in [0.2, 0.25) is 0 Å². The standard InChI is InChI=1S/C12H19N3O3S/c1-12(2,3)18-11(16)14-9-7-6-8-10(13-9)15-19(4,5)17/h6-8H,1-5H3,(H,13,14,16). The molecule has 0 aliphatic carbocycles. The molecule has 19 heavy (non-hydrogen) atoms. The number of carbonyl (C=O) groups excluding carboxylic acids is 1. The van der Waals surface area contributed by atoms with E-state index in [2.05, 4.69) is 14.7 Å². The second-order valence-corrected chi connectivity index (χ2v) is 7.83. The van der Waals surface area contributed by atoms with Crippen LogP contribution >= 0.6 is 0 Å². The molecule has 0 atom stereocenters. The van der Waals surface area contributed by atoms with Crippen molar-refractivity contribution in [1.82, 2.24) is 4.98 Å². The van der Waals surface area contributed by atoms with Crippen molar-refractivity contribution in [2.75, 3.05) is 17.8 Å². The SMILES string of the molecule is CC(C)(C)OC(=O)Nc1cccc(N=S(C)(C)=O)n1. The third-order valence-electron chi connectivity index (χ3n) is 1.68. The van der Waals surface area contributed by atoms with Gasteiger partial charge in [0.25, 0.3) is 0 Å². The van der Waals surface area contributed by atoms with Crippen molar-refractivity contribution >= 4 is 27.5 Å². The molecule has 0 spiro atoms. The Bertz CT molecular complexity index is 576. The Morgan fingerprint density at radius 3 is 2.53 bits per heavy atom. The fourth-order valence-corrected chi connectivity index (χ4v) is 1.73. The Labute approximate surface area is 113 Å². The Kier molecular flexibility index (Phi) is 4.52. The molecule has 106 valence electrons. The Morgan fingerprint density at radius 2 is 2.00 bits per heavy atom. The number of amides is 1. The van der Waals surface area contributed by atoms with Gasteiger partial charge in [0, 0.05) is 22.2 Å². The van der Waals surface area contributed by atoms with E-state index in [0.717, 1.165) is 0 Å². The zero-order valence-corrected chi connectivity index (χ0v) is 12.6. The highest BCUT2D eigenvalue weighted by Gasteiger charge is 2.16. The number of ether oxygens (including phenoxy) is 1. The largest absolute Gasteiger partial charge is 0.444 e. The van der Waals surface area contributed by atoms with Gasteiger partial charge in [0.05, 0.1) is 0 Å². The van der Waals surface area contributed by atoms with Gasteiger partial charge in [-0.2, -0.15) is 4.36 Å². The molecular weight excluding hydrogens is 266 g/mol. The summed E-state index contributed by atoms with van der Waals surface area (Å²) in [4.78, 5) is 15.6. The molecule has 1 aromatic rings. The highest BCUT2D eigenvalue weighted by atomic mass is 32.2. The van der Waals surface area contributed by atoms with Crippen molar-refractivity contribution in [3.05, 3.63) is 18.2 Å². The van der Waals surface area contributed by atoms with Gasteiger partial charge in [-0.25, -0.2) is 14.0 Å². The van der Waals surface area contributed by atoms with Crippen LogP contribution in [0.4, 0.5) is 16.4 Å². The summed E-state index contributed by atoms with van der Waals surface area (Å²) in [5, 5.41) is 2.50. The van der Waals surface area contributed by atoms with Crippen LogP contribution in [0.15, 0.2) is 22.6 Å². The number of anilines is 1. The minimum Gasteiger partial charge on any atom is -0.444 e. The van der Waals surface area contributed by atoms with Gasteiger partial charge in [0.15, 0.2) is 5.82 Å². The van der Waals surface area contributed by atoms with Crippen molar-refractivity contribution < 1.29 is 13.7 Å². The summed E-state index contributed by atoms with van der Waals surface area (Å²) < 4.78 is 20.6. The quantitative estimate of drug-likeness (QED) is 0.906. The van der Waals surface area contributed by atoms with Crippen molar-refractivity contribution in [3.63, 3.8) is 0 Å². The van der Waals surface area contributed by atoms with Crippen LogP contribution in [0.5, 0.6) is 0 Å². The highest BCUT2D eigenvalue weighted by Crippen LogP contribution is 2.15. The first kappa shape index (κ1) is 15.4. The Morgan fingerprint density at radius 1 is 1.37 bits per heavy atom. The van der Waals surface area contributed by atoms with E-state index < -0.39 is 21.4 Å². The lowest BCUT2D eigenvalue weighted by molar-refractivity contribution is 0.0635. The number of pyridine rings is 1. The minimum atomic E-state index is -2.28. The molecule has 1 rings (SSSR count). The smallest absolute Gasteiger partial charge is 0.413 e. The summed E-state index contributed by atoms with van der Waals surface area (Å²) in [6.07, 6.45) is 2.44. The summed E-state index contributed by atoms with van der Waals surface area (Å²) in [5.41, 5.74) is -0.576. The average Bonchev–Trinajstić information content (AvgIpc) is 2.11.